The number of ether oxygens (including phenoxy) is 1. The maximum atomic E-state index is 11.7. The van der Waals surface area contributed by atoms with Crippen LogP contribution in [0, 0.1) is 5.92 Å². The molecule has 39 heavy (non-hydrogen) atoms. The van der Waals surface area contributed by atoms with E-state index in [2.05, 4.69) is 0 Å². The summed E-state index contributed by atoms with van der Waals surface area (Å²) in [6, 6.07) is 11.2. The predicted octanol–water partition coefficient (Wildman–Crippen LogP) is -2.19. The monoisotopic (exact) mass is 592 g/mol. The van der Waals surface area contributed by atoms with Gasteiger partial charge in [0.1, 0.15) is 11.5 Å². The normalized spacial score (nSPS) is 12.0. The van der Waals surface area contributed by atoms with Crippen LogP contribution in [0.25, 0.3) is 0 Å². The van der Waals surface area contributed by atoms with Crippen molar-refractivity contribution in [2.75, 3.05) is 18.1 Å². The molecule has 11 heteroatoms. The minimum absolute atomic E-state index is 0. The summed E-state index contributed by atoms with van der Waals surface area (Å²) in [5.41, 5.74) is 1.92. The smallest absolute Gasteiger partial charge is 0.550 e. The molecule has 0 aliphatic heterocycles. The van der Waals surface area contributed by atoms with Crippen molar-refractivity contribution in [2.45, 2.75) is 63.0 Å². The van der Waals surface area contributed by atoms with Crippen LogP contribution in [0.1, 0.15) is 73.2 Å². The summed E-state index contributed by atoms with van der Waals surface area (Å²) in [7, 11) is 0. The van der Waals surface area contributed by atoms with Gasteiger partial charge in [0.05, 0.1) is 12.2 Å². The van der Waals surface area contributed by atoms with E-state index in [9.17, 15) is 29.7 Å². The number of hydrogen-bond donors (Lipinski definition) is 1. The van der Waals surface area contributed by atoms with Crippen molar-refractivity contribution < 1.29 is 93.6 Å². The molecule has 0 saturated carbocycles. The van der Waals surface area contributed by atoms with Crippen molar-refractivity contribution >= 4 is 41.2 Å². The van der Waals surface area contributed by atoms with E-state index in [0.29, 0.717) is 35.7 Å². The number of phenolic OH excluding ortho intramolecular Hbond substituents is 1. The van der Waals surface area contributed by atoms with Crippen molar-refractivity contribution in [2.24, 2.45) is 5.92 Å². The Morgan fingerprint density at radius 1 is 1.00 bits per heavy atom. The van der Waals surface area contributed by atoms with Gasteiger partial charge in [-0.3, -0.25) is 4.79 Å². The van der Waals surface area contributed by atoms with Crippen LogP contribution in [-0.2, 0) is 16.0 Å². The number of benzene rings is 2. The van der Waals surface area contributed by atoms with Gasteiger partial charge in [0.2, 0.25) is 0 Å². The predicted molar refractivity (Wildman–Crippen MR) is 143 cm³/mol. The molecule has 0 fully saturated rings. The molecule has 7 nitrogen and oxygen atoms in total. The summed E-state index contributed by atoms with van der Waals surface area (Å²) in [4.78, 5) is 34.6. The number of Topliss-reactive ketones (excluding diaryl/α,β-unsaturated/α-hetero) is 1. The zero-order valence-corrected chi connectivity index (χ0v) is 29.1. The van der Waals surface area contributed by atoms with Crippen LogP contribution in [0.2, 0.25) is 0 Å². The molecular formula is C28H34Na2O7S2. The number of carboxylic acid groups (broad SMARTS) is 2. The molecule has 0 aliphatic rings. The van der Waals surface area contributed by atoms with Gasteiger partial charge in [-0.15, -0.1) is 11.8 Å². The molecule has 0 spiro atoms. The molecule has 0 heterocycles. The number of hydrogen-bond acceptors (Lipinski definition) is 9. The summed E-state index contributed by atoms with van der Waals surface area (Å²) in [5.74, 6) is -0.882. The van der Waals surface area contributed by atoms with E-state index < -0.39 is 11.9 Å². The Morgan fingerprint density at radius 3 is 2.23 bits per heavy atom. The summed E-state index contributed by atoms with van der Waals surface area (Å²) in [6.07, 6.45) is 2.03. The van der Waals surface area contributed by atoms with Gasteiger partial charge in [0.15, 0.2) is 5.78 Å². The Kier molecular flexibility index (Phi) is 19.9. The van der Waals surface area contributed by atoms with Gasteiger partial charge in [-0.2, -0.15) is 11.8 Å². The minimum Gasteiger partial charge on any atom is -0.550 e. The van der Waals surface area contributed by atoms with Crippen LogP contribution in [0.3, 0.4) is 0 Å². The van der Waals surface area contributed by atoms with Crippen molar-refractivity contribution in [3.8, 4) is 11.5 Å². The SMILES string of the molecule is CCCc1c(OCCCSc2ccc(C(SCCC(=O)[O-])C(C)CC(=O)[O-])cc2)ccc(C(C)=O)c1O.[Na+].[Na+]. The molecule has 2 unspecified atom stereocenters. The summed E-state index contributed by atoms with van der Waals surface area (Å²) in [5, 5.41) is 32.2. The molecule has 202 valence electrons. The molecule has 0 bridgehead atoms. The average Bonchev–Trinajstić information content (AvgIpc) is 2.83. The largest absolute Gasteiger partial charge is 1.00 e. The molecular weight excluding hydrogens is 558 g/mol. The first kappa shape index (κ1) is 38.4. The molecule has 2 aromatic carbocycles. The number of rotatable bonds is 17. The fourth-order valence-electron chi connectivity index (χ4n) is 3.94. The number of carboxylic acids is 2. The van der Waals surface area contributed by atoms with E-state index in [-0.39, 0.29) is 94.7 Å². The molecule has 2 rings (SSSR count). The van der Waals surface area contributed by atoms with Crippen LogP contribution < -0.4 is 74.1 Å². The third kappa shape index (κ3) is 13.3. The van der Waals surface area contributed by atoms with Crippen molar-refractivity contribution in [1.29, 1.82) is 0 Å². The van der Waals surface area contributed by atoms with Crippen LogP contribution in [0.5, 0.6) is 11.5 Å². The van der Waals surface area contributed by atoms with Crippen molar-refractivity contribution in [3.63, 3.8) is 0 Å². The topological polar surface area (TPSA) is 127 Å². The molecule has 2 aromatic rings. The van der Waals surface area contributed by atoms with Gasteiger partial charge in [-0.25, -0.2) is 0 Å². The zero-order chi connectivity index (χ0) is 27.4. The van der Waals surface area contributed by atoms with E-state index >= 15 is 0 Å². The molecule has 0 aliphatic carbocycles. The van der Waals surface area contributed by atoms with Gasteiger partial charge in [0.25, 0.3) is 0 Å². The Bertz CT molecular complexity index is 1060. The van der Waals surface area contributed by atoms with Gasteiger partial charge in [0, 0.05) is 33.4 Å². The third-order valence-corrected chi connectivity index (χ3v) is 8.39. The molecule has 0 saturated heterocycles. The Morgan fingerprint density at radius 2 is 1.67 bits per heavy atom. The fraction of sp³-hybridized carbons (Fsp3) is 0.464. The Hall–Kier alpha value is -0.650. The molecule has 2 atom stereocenters. The summed E-state index contributed by atoms with van der Waals surface area (Å²) < 4.78 is 5.92. The van der Waals surface area contributed by atoms with Crippen LogP contribution in [-0.4, -0.2) is 40.9 Å². The molecule has 0 radical (unpaired) electrons. The van der Waals surface area contributed by atoms with Gasteiger partial charge >= 0.3 is 59.1 Å². The number of ketones is 1. The van der Waals surface area contributed by atoms with E-state index in [4.69, 9.17) is 4.74 Å². The molecule has 0 aromatic heterocycles. The standard InChI is InChI=1S/C28H36O7S2.2Na/c1-4-6-23-24(12-11-22(19(3)29)27(23)34)35-14-5-15-36-21-9-7-20(8-10-21)28(18(2)17-26(32)33)37-16-13-25(30)31;;/h7-12,18,28,34H,4-6,13-17H2,1-3H3,(H,30,31)(H,32,33);;/q;2*+1/p-2. The number of aliphatic carboxylic acids is 2. The van der Waals surface area contributed by atoms with Gasteiger partial charge in [-0.1, -0.05) is 32.4 Å². The number of thioether (sulfide) groups is 2. The first-order chi connectivity index (χ1) is 17.6. The number of aromatic hydroxyl groups is 1. The second-order valence-electron chi connectivity index (χ2n) is 8.83. The summed E-state index contributed by atoms with van der Waals surface area (Å²) in [6.45, 7) is 5.73. The van der Waals surface area contributed by atoms with E-state index in [1.807, 2.05) is 38.1 Å². The number of phenols is 1. The van der Waals surface area contributed by atoms with Crippen molar-refractivity contribution in [3.05, 3.63) is 53.1 Å². The maximum Gasteiger partial charge on any atom is 1.00 e. The van der Waals surface area contributed by atoms with E-state index in [1.165, 1.54) is 18.7 Å². The van der Waals surface area contributed by atoms with Gasteiger partial charge in [-0.05, 0) is 74.1 Å². The zero-order valence-electron chi connectivity index (χ0n) is 23.5. The molecule has 1 N–H and O–H groups in total. The fourth-order valence-corrected chi connectivity index (χ4v) is 6.08. The molecule has 0 amide bonds. The van der Waals surface area contributed by atoms with E-state index in [0.717, 1.165) is 29.1 Å². The van der Waals surface area contributed by atoms with E-state index in [1.54, 1.807) is 23.9 Å². The summed E-state index contributed by atoms with van der Waals surface area (Å²) >= 11 is 3.09. The third-order valence-electron chi connectivity index (χ3n) is 5.75. The Labute approximate surface area is 283 Å². The Balaban J connectivity index is 0.00000722. The maximum absolute atomic E-state index is 11.7. The minimum atomic E-state index is -1.13. The first-order valence-corrected chi connectivity index (χ1v) is 14.4. The quantitative estimate of drug-likeness (QED) is 0.0943. The van der Waals surface area contributed by atoms with Crippen molar-refractivity contribution in [1.82, 2.24) is 0 Å². The van der Waals surface area contributed by atoms with Crippen LogP contribution >= 0.6 is 23.5 Å². The number of carbonyl (C=O) groups is 3. The second-order valence-corrected chi connectivity index (χ2v) is 11.2. The second kappa shape index (κ2) is 20.3. The number of carbonyl (C=O) groups excluding carboxylic acids is 3. The van der Waals surface area contributed by atoms with Crippen LogP contribution in [0.4, 0.5) is 0 Å². The average molecular weight is 593 g/mol. The van der Waals surface area contributed by atoms with Crippen LogP contribution in [0.15, 0.2) is 41.3 Å². The first-order valence-electron chi connectivity index (χ1n) is 12.4. The van der Waals surface area contributed by atoms with Gasteiger partial charge < -0.3 is 29.6 Å².